The van der Waals surface area contributed by atoms with Crippen molar-refractivity contribution in [1.29, 1.82) is 0 Å². The number of methoxy groups -OCH3 is 1. The van der Waals surface area contributed by atoms with Gasteiger partial charge in [0, 0.05) is 16.0 Å². The maximum absolute atomic E-state index is 9.93. The molecule has 1 heterocycles. The molecule has 1 aromatic heterocycles. The van der Waals surface area contributed by atoms with Crippen LogP contribution >= 0.6 is 11.6 Å². The third-order valence-corrected chi connectivity index (χ3v) is 3.65. The number of aliphatic hydroxyl groups excluding tert-OH is 1. The molecule has 0 radical (unpaired) electrons. The minimum Gasteiger partial charge on any atom is -0.506 e. The molecule has 0 bridgehead atoms. The van der Waals surface area contributed by atoms with Crippen LogP contribution < -0.4 is 10.1 Å². The Morgan fingerprint density at radius 3 is 2.78 bits per heavy atom. The van der Waals surface area contributed by atoms with E-state index >= 15 is 0 Å². The van der Waals surface area contributed by atoms with E-state index in [1.165, 1.54) is 19.5 Å². The van der Waals surface area contributed by atoms with Crippen molar-refractivity contribution in [2.45, 2.75) is 6.61 Å². The summed E-state index contributed by atoms with van der Waals surface area (Å²) in [6.45, 7) is -0.152. The van der Waals surface area contributed by atoms with Crippen LogP contribution in [0.25, 0.3) is 10.9 Å². The van der Waals surface area contributed by atoms with Gasteiger partial charge in [0.05, 0.1) is 24.9 Å². The zero-order chi connectivity index (χ0) is 16.4. The Labute approximate surface area is 137 Å². The fourth-order valence-electron chi connectivity index (χ4n) is 2.28. The van der Waals surface area contributed by atoms with E-state index in [2.05, 4.69) is 15.3 Å². The summed E-state index contributed by atoms with van der Waals surface area (Å²) >= 11 is 5.96. The SMILES string of the molecule is COc1cc2c(Nc3cc(Cl)ccc3O)ncnc2cc1CO. The Balaban J connectivity index is 2.12. The fraction of sp³-hybridized carbons (Fsp3) is 0.125. The van der Waals surface area contributed by atoms with E-state index in [4.69, 9.17) is 16.3 Å². The van der Waals surface area contributed by atoms with Crippen LogP contribution in [0, 0.1) is 0 Å². The highest BCUT2D eigenvalue weighted by Crippen LogP contribution is 2.33. The first kappa shape index (κ1) is 15.3. The Morgan fingerprint density at radius 1 is 1.22 bits per heavy atom. The summed E-state index contributed by atoms with van der Waals surface area (Å²) in [4.78, 5) is 8.41. The van der Waals surface area contributed by atoms with E-state index in [0.29, 0.717) is 38.7 Å². The van der Waals surface area contributed by atoms with Crippen LogP contribution in [0.2, 0.25) is 5.02 Å². The molecule has 0 fully saturated rings. The molecule has 0 unspecified atom stereocenters. The predicted molar refractivity (Wildman–Crippen MR) is 88.4 cm³/mol. The summed E-state index contributed by atoms with van der Waals surface area (Å²) in [6, 6.07) is 8.17. The first-order chi connectivity index (χ1) is 11.1. The van der Waals surface area contributed by atoms with E-state index in [0.717, 1.165) is 0 Å². The Morgan fingerprint density at radius 2 is 2.04 bits per heavy atom. The summed E-state index contributed by atoms with van der Waals surface area (Å²) in [5.41, 5.74) is 1.71. The average molecular weight is 332 g/mol. The van der Waals surface area contributed by atoms with Crippen molar-refractivity contribution >= 4 is 34.0 Å². The van der Waals surface area contributed by atoms with Gasteiger partial charge in [-0.05, 0) is 30.3 Å². The van der Waals surface area contributed by atoms with Crippen molar-refractivity contribution in [3.8, 4) is 11.5 Å². The van der Waals surface area contributed by atoms with Gasteiger partial charge < -0.3 is 20.3 Å². The number of phenolic OH excluding ortho intramolecular Hbond substituents is 1. The van der Waals surface area contributed by atoms with Crippen molar-refractivity contribution in [2.75, 3.05) is 12.4 Å². The molecule has 3 aromatic rings. The number of ether oxygens (including phenoxy) is 1. The number of hydrogen-bond donors (Lipinski definition) is 3. The minimum absolute atomic E-state index is 0.0557. The molecule has 3 N–H and O–H groups in total. The van der Waals surface area contributed by atoms with Crippen molar-refractivity contribution < 1.29 is 14.9 Å². The largest absolute Gasteiger partial charge is 0.506 e. The number of hydrogen-bond acceptors (Lipinski definition) is 6. The van der Waals surface area contributed by atoms with Crippen molar-refractivity contribution in [3.63, 3.8) is 0 Å². The summed E-state index contributed by atoms with van der Waals surface area (Å²) in [7, 11) is 1.53. The van der Waals surface area contributed by atoms with Gasteiger partial charge >= 0.3 is 0 Å². The van der Waals surface area contributed by atoms with E-state index < -0.39 is 0 Å². The molecule has 0 saturated carbocycles. The maximum atomic E-state index is 9.93. The van der Waals surface area contributed by atoms with Crippen molar-refractivity contribution in [3.05, 3.63) is 47.2 Å². The topological polar surface area (TPSA) is 87.5 Å². The number of aliphatic hydroxyl groups is 1. The molecule has 7 heteroatoms. The van der Waals surface area contributed by atoms with Crippen LogP contribution in [0.1, 0.15) is 5.56 Å². The van der Waals surface area contributed by atoms with E-state index in [1.807, 2.05) is 0 Å². The van der Waals surface area contributed by atoms with E-state index in [9.17, 15) is 10.2 Å². The molecule has 0 spiro atoms. The van der Waals surface area contributed by atoms with Crippen LogP contribution in [0.5, 0.6) is 11.5 Å². The van der Waals surface area contributed by atoms with E-state index in [-0.39, 0.29) is 12.4 Å². The second kappa shape index (κ2) is 6.28. The molecule has 2 aromatic carbocycles. The van der Waals surface area contributed by atoms with Crippen LogP contribution in [0.3, 0.4) is 0 Å². The Kier molecular flexibility index (Phi) is 4.18. The molecule has 0 aliphatic carbocycles. The third kappa shape index (κ3) is 2.99. The highest BCUT2D eigenvalue weighted by Gasteiger charge is 2.11. The Hall–Kier alpha value is -2.57. The van der Waals surface area contributed by atoms with Crippen LogP contribution in [-0.2, 0) is 6.61 Å². The third-order valence-electron chi connectivity index (χ3n) is 3.42. The fourth-order valence-corrected chi connectivity index (χ4v) is 2.45. The molecule has 3 rings (SSSR count). The summed E-state index contributed by atoms with van der Waals surface area (Å²) < 4.78 is 5.28. The number of nitrogens with zero attached hydrogens (tertiary/aromatic N) is 2. The van der Waals surface area contributed by atoms with Crippen LogP contribution in [0.15, 0.2) is 36.7 Å². The van der Waals surface area contributed by atoms with Gasteiger partial charge in [0.1, 0.15) is 23.6 Å². The second-order valence-corrected chi connectivity index (χ2v) is 5.28. The highest BCUT2D eigenvalue weighted by molar-refractivity contribution is 6.31. The molecule has 0 saturated heterocycles. The highest BCUT2D eigenvalue weighted by atomic mass is 35.5. The lowest BCUT2D eigenvalue weighted by Crippen LogP contribution is -1.99. The number of rotatable bonds is 4. The molecule has 0 aliphatic heterocycles. The average Bonchev–Trinajstić information content (AvgIpc) is 2.57. The minimum atomic E-state index is -0.152. The zero-order valence-electron chi connectivity index (χ0n) is 12.2. The normalized spacial score (nSPS) is 10.7. The number of nitrogens with one attached hydrogen (secondary N) is 1. The van der Waals surface area contributed by atoms with Gasteiger partial charge in [0.15, 0.2) is 0 Å². The molecular formula is C16H14ClN3O3. The van der Waals surface area contributed by atoms with Crippen molar-refractivity contribution in [2.24, 2.45) is 0 Å². The summed E-state index contributed by atoms with van der Waals surface area (Å²) in [5, 5.41) is 23.5. The smallest absolute Gasteiger partial charge is 0.141 e. The lowest BCUT2D eigenvalue weighted by molar-refractivity contribution is 0.274. The standard InChI is InChI=1S/C16H14ClN3O3/c1-23-15-6-11-12(4-9(15)7-21)18-8-19-16(11)20-13-5-10(17)2-3-14(13)22/h2-6,8,21-22H,7H2,1H3,(H,18,19,20). The zero-order valence-corrected chi connectivity index (χ0v) is 13.0. The number of phenols is 1. The first-order valence-electron chi connectivity index (χ1n) is 6.80. The number of fused-ring (bicyclic) bond motifs is 1. The molecule has 6 nitrogen and oxygen atoms in total. The van der Waals surface area contributed by atoms with Gasteiger partial charge in [0.2, 0.25) is 0 Å². The molecule has 0 aliphatic rings. The monoisotopic (exact) mass is 331 g/mol. The number of aromatic nitrogens is 2. The molecule has 118 valence electrons. The lowest BCUT2D eigenvalue weighted by Gasteiger charge is -2.12. The predicted octanol–water partition coefficient (Wildman–Crippen LogP) is 3.23. The first-order valence-corrected chi connectivity index (χ1v) is 7.18. The Bertz CT molecular complexity index is 871. The molecular weight excluding hydrogens is 318 g/mol. The number of benzene rings is 2. The summed E-state index contributed by atoms with van der Waals surface area (Å²) in [5.74, 6) is 1.09. The van der Waals surface area contributed by atoms with Crippen LogP contribution in [0.4, 0.5) is 11.5 Å². The van der Waals surface area contributed by atoms with Crippen LogP contribution in [-0.4, -0.2) is 27.3 Å². The number of anilines is 2. The lowest BCUT2D eigenvalue weighted by atomic mass is 10.1. The van der Waals surface area contributed by atoms with Gasteiger partial charge in [-0.15, -0.1) is 0 Å². The molecule has 0 amide bonds. The number of aromatic hydroxyl groups is 1. The van der Waals surface area contributed by atoms with E-state index in [1.54, 1.807) is 24.3 Å². The van der Waals surface area contributed by atoms with Gasteiger partial charge in [0.25, 0.3) is 0 Å². The van der Waals surface area contributed by atoms with Crippen molar-refractivity contribution in [1.82, 2.24) is 9.97 Å². The van der Waals surface area contributed by atoms with Gasteiger partial charge in [-0.2, -0.15) is 0 Å². The second-order valence-electron chi connectivity index (χ2n) is 4.85. The van der Waals surface area contributed by atoms with Gasteiger partial charge in [-0.3, -0.25) is 0 Å². The quantitative estimate of drug-likeness (QED) is 0.636. The molecule has 23 heavy (non-hydrogen) atoms. The summed E-state index contributed by atoms with van der Waals surface area (Å²) in [6.07, 6.45) is 1.40. The van der Waals surface area contributed by atoms with Gasteiger partial charge in [-0.1, -0.05) is 11.6 Å². The maximum Gasteiger partial charge on any atom is 0.141 e. The molecule has 0 atom stereocenters. The van der Waals surface area contributed by atoms with Gasteiger partial charge in [-0.25, -0.2) is 9.97 Å². The number of halogens is 1.